The van der Waals surface area contributed by atoms with Crippen molar-refractivity contribution in [3.05, 3.63) is 45.3 Å². The SMILES string of the molecule is CCc1ccc(NC(N)=NCc2nn(C)cc2I)cc1. The molecule has 1 aromatic carbocycles. The summed E-state index contributed by atoms with van der Waals surface area (Å²) >= 11 is 2.25. The largest absolute Gasteiger partial charge is 0.370 e. The quantitative estimate of drug-likeness (QED) is 0.484. The van der Waals surface area contributed by atoms with Crippen molar-refractivity contribution in [1.82, 2.24) is 9.78 Å². The van der Waals surface area contributed by atoms with Crippen molar-refractivity contribution in [3.8, 4) is 0 Å². The second kappa shape index (κ2) is 6.74. The summed E-state index contributed by atoms with van der Waals surface area (Å²) in [4.78, 5) is 4.31. The van der Waals surface area contributed by atoms with E-state index in [1.165, 1.54) is 5.56 Å². The highest BCUT2D eigenvalue weighted by Crippen LogP contribution is 2.11. The van der Waals surface area contributed by atoms with Gasteiger partial charge in [-0.3, -0.25) is 4.68 Å². The third kappa shape index (κ3) is 3.96. The van der Waals surface area contributed by atoms with Gasteiger partial charge in [-0.1, -0.05) is 19.1 Å². The highest BCUT2D eigenvalue weighted by molar-refractivity contribution is 14.1. The average molecular weight is 383 g/mol. The monoisotopic (exact) mass is 383 g/mol. The van der Waals surface area contributed by atoms with Crippen LogP contribution in [0, 0.1) is 3.57 Å². The number of aromatic nitrogens is 2. The molecule has 0 fully saturated rings. The number of halogens is 1. The van der Waals surface area contributed by atoms with Crippen molar-refractivity contribution in [2.45, 2.75) is 19.9 Å². The molecule has 0 saturated heterocycles. The Labute approximate surface area is 132 Å². The maximum absolute atomic E-state index is 5.88. The topological polar surface area (TPSA) is 68.2 Å². The van der Waals surface area contributed by atoms with Crippen LogP contribution in [-0.2, 0) is 20.0 Å². The van der Waals surface area contributed by atoms with E-state index in [1.807, 2.05) is 25.4 Å². The number of hydrogen-bond donors (Lipinski definition) is 2. The lowest BCUT2D eigenvalue weighted by atomic mass is 10.1. The molecule has 5 nitrogen and oxygen atoms in total. The summed E-state index contributed by atoms with van der Waals surface area (Å²) in [6.07, 6.45) is 2.99. The van der Waals surface area contributed by atoms with Crippen molar-refractivity contribution in [3.63, 3.8) is 0 Å². The first kappa shape index (κ1) is 14.8. The van der Waals surface area contributed by atoms with Crippen molar-refractivity contribution >= 4 is 34.2 Å². The van der Waals surface area contributed by atoms with Gasteiger partial charge in [-0.2, -0.15) is 5.10 Å². The number of nitrogens with one attached hydrogen (secondary N) is 1. The van der Waals surface area contributed by atoms with Crippen LogP contribution in [0.15, 0.2) is 35.5 Å². The van der Waals surface area contributed by atoms with E-state index in [1.54, 1.807) is 4.68 Å². The van der Waals surface area contributed by atoms with E-state index in [4.69, 9.17) is 5.73 Å². The van der Waals surface area contributed by atoms with Crippen molar-refractivity contribution < 1.29 is 0 Å². The van der Waals surface area contributed by atoms with Gasteiger partial charge < -0.3 is 11.1 Å². The number of benzene rings is 1. The highest BCUT2D eigenvalue weighted by Gasteiger charge is 2.04. The van der Waals surface area contributed by atoms with E-state index < -0.39 is 0 Å². The zero-order chi connectivity index (χ0) is 14.5. The van der Waals surface area contributed by atoms with E-state index in [-0.39, 0.29) is 0 Å². The Morgan fingerprint density at radius 3 is 2.65 bits per heavy atom. The molecule has 0 atom stereocenters. The maximum Gasteiger partial charge on any atom is 0.193 e. The summed E-state index contributed by atoms with van der Waals surface area (Å²) in [5.74, 6) is 0.399. The molecule has 1 heterocycles. The Balaban J connectivity index is 1.98. The van der Waals surface area contributed by atoms with Crippen LogP contribution in [0.25, 0.3) is 0 Å². The first-order valence-corrected chi connectivity index (χ1v) is 7.50. The lowest BCUT2D eigenvalue weighted by molar-refractivity contribution is 0.743. The van der Waals surface area contributed by atoms with Crippen LogP contribution in [-0.4, -0.2) is 15.7 Å². The standard InChI is InChI=1S/C14H18IN5/c1-3-10-4-6-11(7-5-10)18-14(16)17-8-13-12(15)9-20(2)19-13/h4-7,9H,3,8H2,1-2H3,(H3,16,17,18). The molecule has 106 valence electrons. The molecule has 2 rings (SSSR count). The normalized spacial score (nSPS) is 11.7. The number of aliphatic imine (C=N–C) groups is 1. The lowest BCUT2D eigenvalue weighted by Crippen LogP contribution is -2.22. The number of anilines is 1. The lowest BCUT2D eigenvalue weighted by Gasteiger charge is -2.06. The summed E-state index contributed by atoms with van der Waals surface area (Å²) < 4.78 is 2.87. The molecule has 0 aliphatic carbocycles. The number of rotatable bonds is 4. The van der Waals surface area contributed by atoms with E-state index >= 15 is 0 Å². The van der Waals surface area contributed by atoms with Gasteiger partial charge in [0.1, 0.15) is 0 Å². The fraction of sp³-hybridized carbons (Fsp3) is 0.286. The molecule has 6 heteroatoms. The third-order valence-corrected chi connectivity index (χ3v) is 3.79. The minimum Gasteiger partial charge on any atom is -0.370 e. The number of nitrogens with two attached hydrogens (primary N) is 1. The second-order valence-electron chi connectivity index (χ2n) is 4.47. The molecule has 0 unspecified atom stereocenters. The molecule has 3 N–H and O–H groups in total. The summed E-state index contributed by atoms with van der Waals surface area (Å²) in [5.41, 5.74) is 9.06. The van der Waals surface area contributed by atoms with E-state index in [9.17, 15) is 0 Å². The predicted octanol–water partition coefficient (Wildman–Crippen LogP) is 2.51. The molecule has 0 radical (unpaired) electrons. The molecule has 0 spiro atoms. The van der Waals surface area contributed by atoms with Crippen LogP contribution < -0.4 is 11.1 Å². The van der Waals surface area contributed by atoms with Gasteiger partial charge in [0.25, 0.3) is 0 Å². The Morgan fingerprint density at radius 1 is 1.40 bits per heavy atom. The number of hydrogen-bond acceptors (Lipinski definition) is 2. The molecule has 0 bridgehead atoms. The van der Waals surface area contributed by atoms with E-state index in [2.05, 4.69) is 57.1 Å². The Bertz CT molecular complexity index is 601. The predicted molar refractivity (Wildman–Crippen MR) is 90.7 cm³/mol. The van der Waals surface area contributed by atoms with Gasteiger partial charge in [-0.15, -0.1) is 0 Å². The van der Waals surface area contributed by atoms with Crippen molar-refractivity contribution in [1.29, 1.82) is 0 Å². The number of aryl methyl sites for hydroxylation is 2. The highest BCUT2D eigenvalue weighted by atomic mass is 127. The Hall–Kier alpha value is -1.57. The molecule has 0 aliphatic heterocycles. The molecule has 1 aromatic heterocycles. The van der Waals surface area contributed by atoms with Crippen LogP contribution >= 0.6 is 22.6 Å². The molecule has 0 amide bonds. The van der Waals surface area contributed by atoms with E-state index in [0.717, 1.165) is 21.4 Å². The second-order valence-corrected chi connectivity index (χ2v) is 5.64. The Kier molecular flexibility index (Phi) is 4.99. The third-order valence-electron chi connectivity index (χ3n) is 2.89. The smallest absolute Gasteiger partial charge is 0.193 e. The Morgan fingerprint density at radius 2 is 2.10 bits per heavy atom. The number of guanidine groups is 1. The molecule has 0 saturated carbocycles. The summed E-state index contributed by atoms with van der Waals surface area (Å²) in [6.45, 7) is 2.61. The van der Waals surface area contributed by atoms with Gasteiger partial charge in [0.05, 0.1) is 15.8 Å². The molecule has 20 heavy (non-hydrogen) atoms. The molecule has 0 aliphatic rings. The molecular weight excluding hydrogens is 365 g/mol. The van der Waals surface area contributed by atoms with Crippen LogP contribution in [0.4, 0.5) is 5.69 Å². The minimum absolute atomic E-state index is 0.399. The van der Waals surface area contributed by atoms with Gasteiger partial charge >= 0.3 is 0 Å². The summed E-state index contributed by atoms with van der Waals surface area (Å²) in [7, 11) is 1.90. The van der Waals surface area contributed by atoms with Crippen LogP contribution in [0.1, 0.15) is 18.2 Å². The zero-order valence-corrected chi connectivity index (χ0v) is 13.8. The van der Waals surface area contributed by atoms with Gasteiger partial charge in [-0.25, -0.2) is 4.99 Å². The van der Waals surface area contributed by atoms with Crippen molar-refractivity contribution in [2.24, 2.45) is 17.8 Å². The van der Waals surface area contributed by atoms with Gasteiger partial charge in [0, 0.05) is 18.9 Å². The minimum atomic E-state index is 0.399. The van der Waals surface area contributed by atoms with Gasteiger partial charge in [0.2, 0.25) is 0 Å². The summed E-state index contributed by atoms with van der Waals surface area (Å²) in [5, 5.41) is 7.41. The first-order valence-electron chi connectivity index (χ1n) is 6.42. The number of nitrogens with zero attached hydrogens (tertiary/aromatic N) is 3. The van der Waals surface area contributed by atoms with Crippen LogP contribution in [0.3, 0.4) is 0 Å². The zero-order valence-electron chi connectivity index (χ0n) is 11.6. The first-order chi connectivity index (χ1) is 9.58. The fourth-order valence-corrected chi connectivity index (χ4v) is 2.47. The average Bonchev–Trinajstić information content (AvgIpc) is 2.75. The molecular formula is C14H18IN5. The van der Waals surface area contributed by atoms with Crippen LogP contribution in [0.5, 0.6) is 0 Å². The fourth-order valence-electron chi connectivity index (χ4n) is 1.78. The van der Waals surface area contributed by atoms with Gasteiger partial charge in [0.15, 0.2) is 5.96 Å². The molecule has 2 aromatic rings. The summed E-state index contributed by atoms with van der Waals surface area (Å²) in [6, 6.07) is 8.17. The van der Waals surface area contributed by atoms with Crippen LogP contribution in [0.2, 0.25) is 0 Å². The van der Waals surface area contributed by atoms with Gasteiger partial charge in [-0.05, 0) is 46.7 Å². The van der Waals surface area contributed by atoms with Crippen molar-refractivity contribution in [2.75, 3.05) is 5.32 Å². The van der Waals surface area contributed by atoms with E-state index in [0.29, 0.717) is 12.5 Å². The maximum atomic E-state index is 5.88.